The van der Waals surface area contributed by atoms with Crippen molar-refractivity contribution in [2.75, 3.05) is 19.8 Å². The van der Waals surface area contributed by atoms with Gasteiger partial charge in [-0.25, -0.2) is 17.9 Å². The summed E-state index contributed by atoms with van der Waals surface area (Å²) in [6, 6.07) is 3.82. The van der Waals surface area contributed by atoms with E-state index in [1.165, 1.54) is 18.2 Å². The van der Waals surface area contributed by atoms with E-state index >= 15 is 0 Å². The summed E-state index contributed by atoms with van der Waals surface area (Å²) in [5, 5.41) is 5.06. The Labute approximate surface area is 121 Å². The van der Waals surface area contributed by atoms with Gasteiger partial charge in [-0.2, -0.15) is 0 Å². The van der Waals surface area contributed by atoms with E-state index in [9.17, 15) is 12.8 Å². The molecule has 0 aliphatic carbocycles. The fraction of sp³-hybridized carbons (Fsp3) is 0.500. The normalized spacial score (nSPS) is 18.8. The van der Waals surface area contributed by atoms with Crippen LogP contribution < -0.4 is 9.88 Å². The second-order valence-electron chi connectivity index (χ2n) is 4.69. The van der Waals surface area contributed by atoms with Gasteiger partial charge >= 0.3 is 0 Å². The van der Waals surface area contributed by atoms with Crippen LogP contribution >= 0.6 is 11.6 Å². The molecule has 1 aromatic carbocycles. The summed E-state index contributed by atoms with van der Waals surface area (Å²) >= 11 is 5.91. The number of sulfonamides is 1. The van der Waals surface area contributed by atoms with Crippen LogP contribution in [0.4, 0.5) is 4.39 Å². The van der Waals surface area contributed by atoms with Crippen molar-refractivity contribution in [2.24, 2.45) is 5.14 Å². The number of nitrogens with two attached hydrogens (primary N) is 1. The smallest absolute Gasteiger partial charge is 0.238 e. The van der Waals surface area contributed by atoms with Crippen molar-refractivity contribution >= 4 is 21.6 Å². The van der Waals surface area contributed by atoms with Gasteiger partial charge in [-0.3, -0.25) is 0 Å². The Morgan fingerprint density at radius 2 is 2.05 bits per heavy atom. The van der Waals surface area contributed by atoms with Crippen molar-refractivity contribution in [3.05, 3.63) is 23.2 Å². The summed E-state index contributed by atoms with van der Waals surface area (Å²) in [7, 11) is -3.82. The molecule has 1 heterocycles. The van der Waals surface area contributed by atoms with E-state index in [-0.39, 0.29) is 35.1 Å². The lowest BCUT2D eigenvalue weighted by atomic mass is 9.98. The zero-order valence-electron chi connectivity index (χ0n) is 10.6. The first kappa shape index (κ1) is 15.5. The summed E-state index contributed by atoms with van der Waals surface area (Å²) < 4.78 is 47.0. The quantitative estimate of drug-likeness (QED) is 0.917. The average Bonchev–Trinajstić information content (AvgIpc) is 2.37. The van der Waals surface area contributed by atoms with Gasteiger partial charge in [0.15, 0.2) is 0 Å². The van der Waals surface area contributed by atoms with Crippen LogP contribution in [0.3, 0.4) is 0 Å². The molecule has 8 heteroatoms. The third kappa shape index (κ3) is 3.82. The molecule has 0 amide bonds. The van der Waals surface area contributed by atoms with Gasteiger partial charge in [0.25, 0.3) is 0 Å². The molecule has 0 aromatic heterocycles. The van der Waals surface area contributed by atoms with Gasteiger partial charge < -0.3 is 9.47 Å². The Balaban J connectivity index is 2.07. The fourth-order valence-corrected chi connectivity index (χ4v) is 2.70. The maximum atomic E-state index is 14.3. The van der Waals surface area contributed by atoms with E-state index in [0.717, 1.165) is 0 Å². The van der Waals surface area contributed by atoms with E-state index in [1.54, 1.807) is 0 Å². The van der Waals surface area contributed by atoms with Gasteiger partial charge in [-0.1, -0.05) is 11.6 Å². The lowest BCUT2D eigenvalue weighted by molar-refractivity contribution is -0.0323. The highest BCUT2D eigenvalue weighted by atomic mass is 35.5. The molecule has 0 saturated carbocycles. The minimum Gasteiger partial charge on any atom is -0.489 e. The summed E-state index contributed by atoms with van der Waals surface area (Å²) in [4.78, 5) is -0.115. The molecule has 1 aromatic rings. The Morgan fingerprint density at radius 3 is 2.60 bits per heavy atom. The van der Waals surface area contributed by atoms with E-state index in [0.29, 0.717) is 13.2 Å². The first-order valence-corrected chi connectivity index (χ1v) is 7.94. The number of hydrogen-bond donors (Lipinski definition) is 1. The first-order chi connectivity index (χ1) is 9.30. The second kappa shape index (κ2) is 5.85. The molecule has 2 N–H and O–H groups in total. The number of alkyl halides is 1. The number of halogens is 2. The number of hydrogen-bond acceptors (Lipinski definition) is 4. The van der Waals surface area contributed by atoms with Crippen LogP contribution in [0.5, 0.6) is 5.75 Å². The van der Waals surface area contributed by atoms with Crippen LogP contribution in [0.25, 0.3) is 0 Å². The highest BCUT2D eigenvalue weighted by molar-refractivity contribution is 7.89. The summed E-state index contributed by atoms with van der Waals surface area (Å²) in [6.45, 7) is 0.570. The zero-order valence-corrected chi connectivity index (χ0v) is 12.2. The third-order valence-electron chi connectivity index (χ3n) is 3.11. The molecule has 0 unspecified atom stereocenters. The Morgan fingerprint density at radius 1 is 1.40 bits per heavy atom. The Bertz CT molecular complexity index is 587. The zero-order chi connectivity index (χ0) is 14.8. The van der Waals surface area contributed by atoms with Gasteiger partial charge in [0.05, 0.1) is 9.92 Å². The molecule has 1 saturated heterocycles. The summed E-state index contributed by atoms with van der Waals surface area (Å²) in [5.41, 5.74) is -1.44. The molecule has 5 nitrogen and oxygen atoms in total. The molecule has 0 spiro atoms. The van der Waals surface area contributed by atoms with E-state index in [1.807, 2.05) is 0 Å². The third-order valence-corrected chi connectivity index (χ3v) is 4.31. The van der Waals surface area contributed by atoms with Gasteiger partial charge in [0.1, 0.15) is 18.0 Å². The number of ether oxygens (including phenoxy) is 2. The van der Waals surface area contributed by atoms with Crippen molar-refractivity contribution in [1.82, 2.24) is 0 Å². The molecule has 1 fully saturated rings. The molecule has 20 heavy (non-hydrogen) atoms. The molecule has 1 aliphatic heterocycles. The van der Waals surface area contributed by atoms with Crippen molar-refractivity contribution in [3.63, 3.8) is 0 Å². The van der Waals surface area contributed by atoms with Gasteiger partial charge in [-0.15, -0.1) is 0 Å². The van der Waals surface area contributed by atoms with Crippen LogP contribution in [0.2, 0.25) is 5.02 Å². The molecular formula is C12H15ClFNO4S. The summed E-state index contributed by atoms with van der Waals surface area (Å²) in [6.07, 6.45) is 0.528. The molecule has 2 rings (SSSR count). The standard InChI is InChI=1S/C12H15ClFNO4S/c13-10-7-9(20(15,16)17)1-2-11(10)19-8-12(14)3-5-18-6-4-12/h1-2,7H,3-6,8H2,(H2,15,16,17). The average molecular weight is 324 g/mol. The second-order valence-corrected chi connectivity index (χ2v) is 6.66. The number of primary sulfonamides is 1. The minimum absolute atomic E-state index is 0.0761. The van der Waals surface area contributed by atoms with Crippen molar-refractivity contribution in [2.45, 2.75) is 23.4 Å². The van der Waals surface area contributed by atoms with Gasteiger partial charge in [0.2, 0.25) is 10.0 Å². The van der Waals surface area contributed by atoms with Crippen molar-refractivity contribution in [1.29, 1.82) is 0 Å². The van der Waals surface area contributed by atoms with Gasteiger partial charge in [0, 0.05) is 26.1 Å². The lowest BCUT2D eigenvalue weighted by Crippen LogP contribution is -2.37. The minimum atomic E-state index is -3.82. The Hall–Kier alpha value is -0.890. The van der Waals surface area contributed by atoms with E-state index < -0.39 is 15.7 Å². The van der Waals surface area contributed by atoms with Crippen LogP contribution in [0, 0.1) is 0 Å². The topological polar surface area (TPSA) is 78.6 Å². The largest absolute Gasteiger partial charge is 0.489 e. The van der Waals surface area contributed by atoms with Crippen molar-refractivity contribution < 1.29 is 22.3 Å². The highest BCUT2D eigenvalue weighted by Gasteiger charge is 2.33. The lowest BCUT2D eigenvalue weighted by Gasteiger charge is -2.29. The molecule has 1 aliphatic rings. The monoisotopic (exact) mass is 323 g/mol. The number of rotatable bonds is 4. The SMILES string of the molecule is NS(=O)(=O)c1ccc(OCC2(F)CCOCC2)c(Cl)c1. The number of benzene rings is 1. The van der Waals surface area contributed by atoms with Crippen LogP contribution in [-0.2, 0) is 14.8 Å². The maximum Gasteiger partial charge on any atom is 0.238 e. The summed E-state index contributed by atoms with van der Waals surface area (Å²) in [5.74, 6) is 0.225. The molecule has 0 radical (unpaired) electrons. The molecule has 0 bridgehead atoms. The van der Waals surface area contributed by atoms with E-state index in [4.69, 9.17) is 26.2 Å². The predicted molar refractivity (Wildman–Crippen MR) is 72.2 cm³/mol. The predicted octanol–water partition coefficient (Wildman–Crippen LogP) is 1.88. The molecular weight excluding hydrogens is 309 g/mol. The van der Waals surface area contributed by atoms with Crippen LogP contribution in [0.15, 0.2) is 23.1 Å². The Kier molecular flexibility index (Phi) is 4.53. The molecule has 0 atom stereocenters. The fourth-order valence-electron chi connectivity index (χ4n) is 1.86. The van der Waals surface area contributed by atoms with Crippen molar-refractivity contribution in [3.8, 4) is 5.75 Å². The maximum absolute atomic E-state index is 14.3. The molecule has 112 valence electrons. The highest BCUT2D eigenvalue weighted by Crippen LogP contribution is 2.30. The van der Waals surface area contributed by atoms with E-state index in [2.05, 4.69) is 0 Å². The first-order valence-electron chi connectivity index (χ1n) is 6.02. The van der Waals surface area contributed by atoms with Gasteiger partial charge in [-0.05, 0) is 18.2 Å². The van der Waals surface area contributed by atoms with Crippen LogP contribution in [-0.4, -0.2) is 33.9 Å². The van der Waals surface area contributed by atoms with Crippen LogP contribution in [0.1, 0.15) is 12.8 Å².